The summed E-state index contributed by atoms with van der Waals surface area (Å²) in [5, 5.41) is 2.99. The van der Waals surface area contributed by atoms with Gasteiger partial charge in [-0.2, -0.15) is 0 Å². The van der Waals surface area contributed by atoms with Crippen molar-refractivity contribution in [3.8, 4) is 5.75 Å². The number of nitrogens with one attached hydrogen (secondary N) is 1. The lowest BCUT2D eigenvalue weighted by molar-refractivity contribution is -0.140. The molecule has 2 rings (SSSR count). The van der Waals surface area contributed by atoms with E-state index in [1.807, 2.05) is 38.1 Å². The second kappa shape index (κ2) is 11.6. The van der Waals surface area contributed by atoms with Crippen molar-refractivity contribution in [3.63, 3.8) is 0 Å². The van der Waals surface area contributed by atoms with Gasteiger partial charge in [-0.3, -0.25) is 4.79 Å². The number of hydrogen-bond donors (Lipinski definition) is 1. The Bertz CT molecular complexity index is 609. The highest BCUT2D eigenvalue weighted by Gasteiger charge is 2.34. The van der Waals surface area contributed by atoms with Crippen molar-refractivity contribution in [2.24, 2.45) is 11.8 Å². The molecule has 0 aromatic heterocycles. The normalized spacial score (nSPS) is 17.9. The number of amides is 1. The van der Waals surface area contributed by atoms with Crippen molar-refractivity contribution >= 4 is 11.6 Å². The van der Waals surface area contributed by atoms with Gasteiger partial charge in [0.2, 0.25) is 0 Å². The number of rotatable bonds is 11. The van der Waals surface area contributed by atoms with Crippen LogP contribution >= 0.6 is 0 Å². The Morgan fingerprint density at radius 2 is 1.90 bits per heavy atom. The van der Waals surface area contributed by atoms with Gasteiger partial charge in [-0.05, 0) is 88.7 Å². The molecular formula is C24H40N2O3. The first kappa shape index (κ1) is 23.7. The minimum atomic E-state index is -0.815. The number of benzene rings is 1. The average molecular weight is 405 g/mol. The molecule has 1 heterocycles. The van der Waals surface area contributed by atoms with Gasteiger partial charge >= 0.3 is 0 Å². The minimum Gasteiger partial charge on any atom is -0.494 e. The second-order valence-corrected chi connectivity index (χ2v) is 8.97. The summed E-state index contributed by atoms with van der Waals surface area (Å²) < 4.78 is 11.7. The molecule has 164 valence electrons. The van der Waals surface area contributed by atoms with E-state index in [-0.39, 0.29) is 5.91 Å². The van der Waals surface area contributed by atoms with Gasteiger partial charge < -0.3 is 19.7 Å². The van der Waals surface area contributed by atoms with Gasteiger partial charge in [-0.15, -0.1) is 0 Å². The minimum absolute atomic E-state index is 0.0995. The first-order chi connectivity index (χ1) is 13.8. The molecule has 1 aliphatic heterocycles. The fraction of sp³-hybridized carbons (Fsp3) is 0.708. The third-order valence-corrected chi connectivity index (χ3v) is 5.62. The molecule has 5 nitrogen and oxygen atoms in total. The molecule has 1 N–H and O–H groups in total. The quantitative estimate of drug-likeness (QED) is 0.529. The smallest absolute Gasteiger partial charge is 0.256 e. The van der Waals surface area contributed by atoms with Crippen LogP contribution in [0.2, 0.25) is 0 Å². The lowest BCUT2D eigenvalue weighted by Crippen LogP contribution is -2.43. The maximum absolute atomic E-state index is 12.8. The monoisotopic (exact) mass is 404 g/mol. The van der Waals surface area contributed by atoms with Gasteiger partial charge in [0.25, 0.3) is 5.91 Å². The summed E-state index contributed by atoms with van der Waals surface area (Å²) in [6.45, 7) is 15.1. The number of likely N-dealkylation sites (tertiary alicyclic amines) is 1. The fourth-order valence-electron chi connectivity index (χ4n) is 3.98. The van der Waals surface area contributed by atoms with Crippen LogP contribution < -0.4 is 10.1 Å². The lowest BCUT2D eigenvalue weighted by Gasteiger charge is -2.30. The molecule has 0 saturated carbocycles. The fourth-order valence-corrected chi connectivity index (χ4v) is 3.98. The van der Waals surface area contributed by atoms with Crippen molar-refractivity contribution < 1.29 is 14.3 Å². The third kappa shape index (κ3) is 7.98. The van der Waals surface area contributed by atoms with Gasteiger partial charge in [0.1, 0.15) is 11.4 Å². The van der Waals surface area contributed by atoms with E-state index in [4.69, 9.17) is 9.47 Å². The number of piperidine rings is 1. The van der Waals surface area contributed by atoms with Crippen molar-refractivity contribution in [1.82, 2.24) is 4.90 Å². The average Bonchev–Trinajstić information content (AvgIpc) is 2.67. The molecule has 1 unspecified atom stereocenters. The Balaban J connectivity index is 1.76. The Morgan fingerprint density at radius 3 is 2.48 bits per heavy atom. The molecule has 1 saturated heterocycles. The molecule has 0 radical (unpaired) electrons. The topological polar surface area (TPSA) is 50.8 Å². The van der Waals surface area contributed by atoms with Crippen LogP contribution in [0, 0.1) is 11.8 Å². The Morgan fingerprint density at radius 1 is 1.24 bits per heavy atom. The van der Waals surface area contributed by atoms with Crippen LogP contribution in [-0.2, 0) is 9.53 Å². The number of carbonyl (C=O) groups excluding carboxylic acids is 1. The Hall–Kier alpha value is -1.59. The summed E-state index contributed by atoms with van der Waals surface area (Å²) in [7, 11) is 0. The van der Waals surface area contributed by atoms with Crippen LogP contribution in [0.25, 0.3) is 0 Å². The van der Waals surface area contributed by atoms with E-state index in [1.165, 1.54) is 25.9 Å². The largest absolute Gasteiger partial charge is 0.494 e. The van der Waals surface area contributed by atoms with E-state index in [0.29, 0.717) is 25.6 Å². The highest BCUT2D eigenvalue weighted by molar-refractivity contribution is 5.97. The second-order valence-electron chi connectivity index (χ2n) is 8.97. The number of ether oxygens (including phenoxy) is 2. The summed E-state index contributed by atoms with van der Waals surface area (Å²) in [6.07, 6.45) is 4.35. The Kier molecular flexibility index (Phi) is 9.44. The van der Waals surface area contributed by atoms with Crippen LogP contribution in [-0.4, -0.2) is 49.3 Å². The summed E-state index contributed by atoms with van der Waals surface area (Å²) in [6, 6.07) is 7.61. The standard InChI is InChI=1S/C24H40N2O3/c1-6-29-24(5,18-19(2)3)23(27)25-21-8-10-22(11-9-21)28-17-7-14-26-15-12-20(4)13-16-26/h8-11,19-20H,6-7,12-18H2,1-5H3,(H,25,27). The number of carbonyl (C=O) groups is 1. The first-order valence-corrected chi connectivity index (χ1v) is 11.2. The molecule has 29 heavy (non-hydrogen) atoms. The van der Waals surface area contributed by atoms with Crippen molar-refractivity contribution in [3.05, 3.63) is 24.3 Å². The molecule has 0 spiro atoms. The summed E-state index contributed by atoms with van der Waals surface area (Å²) in [5.74, 6) is 1.99. The van der Waals surface area contributed by atoms with E-state index in [1.54, 1.807) is 0 Å². The molecule has 1 aromatic carbocycles. The summed E-state index contributed by atoms with van der Waals surface area (Å²) in [4.78, 5) is 15.3. The zero-order valence-electron chi connectivity index (χ0n) is 19.0. The molecule has 1 aromatic rings. The molecular weight excluding hydrogens is 364 g/mol. The van der Waals surface area contributed by atoms with Gasteiger partial charge in [-0.1, -0.05) is 20.8 Å². The van der Waals surface area contributed by atoms with Gasteiger partial charge in [0, 0.05) is 18.8 Å². The van der Waals surface area contributed by atoms with E-state index >= 15 is 0 Å². The molecule has 1 amide bonds. The number of anilines is 1. The molecule has 5 heteroatoms. The zero-order chi connectivity index (χ0) is 21.3. The van der Waals surface area contributed by atoms with Crippen molar-refractivity contribution in [2.45, 2.75) is 65.9 Å². The number of hydrogen-bond acceptors (Lipinski definition) is 4. The van der Waals surface area contributed by atoms with Gasteiger partial charge in [0.15, 0.2) is 0 Å². The Labute approximate surface area is 177 Å². The van der Waals surface area contributed by atoms with Crippen LogP contribution in [0.5, 0.6) is 5.75 Å². The van der Waals surface area contributed by atoms with Crippen molar-refractivity contribution in [1.29, 1.82) is 0 Å². The summed E-state index contributed by atoms with van der Waals surface area (Å²) >= 11 is 0. The lowest BCUT2D eigenvalue weighted by atomic mass is 9.93. The zero-order valence-corrected chi connectivity index (χ0v) is 19.0. The predicted molar refractivity (Wildman–Crippen MR) is 120 cm³/mol. The van der Waals surface area contributed by atoms with E-state index in [2.05, 4.69) is 31.0 Å². The highest BCUT2D eigenvalue weighted by Crippen LogP contribution is 2.24. The summed E-state index contributed by atoms with van der Waals surface area (Å²) in [5.41, 5.74) is -0.0517. The highest BCUT2D eigenvalue weighted by atomic mass is 16.5. The molecule has 0 aliphatic carbocycles. The van der Waals surface area contributed by atoms with Crippen LogP contribution in [0.4, 0.5) is 5.69 Å². The molecule has 0 bridgehead atoms. The third-order valence-electron chi connectivity index (χ3n) is 5.62. The molecule has 1 fully saturated rings. The van der Waals surface area contributed by atoms with E-state index < -0.39 is 5.60 Å². The predicted octanol–water partition coefficient (Wildman–Crippen LogP) is 4.97. The van der Waals surface area contributed by atoms with E-state index in [0.717, 1.165) is 30.3 Å². The van der Waals surface area contributed by atoms with Gasteiger partial charge in [-0.25, -0.2) is 0 Å². The maximum atomic E-state index is 12.8. The first-order valence-electron chi connectivity index (χ1n) is 11.2. The van der Waals surface area contributed by atoms with Crippen molar-refractivity contribution in [2.75, 3.05) is 38.2 Å². The van der Waals surface area contributed by atoms with Crippen LogP contribution in [0.15, 0.2) is 24.3 Å². The van der Waals surface area contributed by atoms with Crippen LogP contribution in [0.3, 0.4) is 0 Å². The van der Waals surface area contributed by atoms with E-state index in [9.17, 15) is 4.79 Å². The molecule has 1 aliphatic rings. The SMILES string of the molecule is CCOC(C)(CC(C)C)C(=O)Nc1ccc(OCCCN2CCC(C)CC2)cc1. The van der Waals surface area contributed by atoms with Gasteiger partial charge in [0.05, 0.1) is 6.61 Å². The molecule has 1 atom stereocenters. The van der Waals surface area contributed by atoms with Crippen LogP contribution in [0.1, 0.15) is 60.3 Å². The number of nitrogens with zero attached hydrogens (tertiary/aromatic N) is 1. The maximum Gasteiger partial charge on any atom is 0.256 e.